The van der Waals surface area contributed by atoms with Crippen molar-refractivity contribution in [1.82, 2.24) is 9.55 Å². The first kappa shape index (κ1) is 12.5. The summed E-state index contributed by atoms with van der Waals surface area (Å²) in [7, 11) is 3.84. The van der Waals surface area contributed by atoms with Gasteiger partial charge in [-0.2, -0.15) is 5.26 Å². The number of aromatic nitrogens is 2. The monoisotopic (exact) mass is 260 g/mol. The van der Waals surface area contributed by atoms with Crippen LogP contribution < -0.4 is 4.90 Å². The number of hydrogen-bond donors (Lipinski definition) is 0. The summed E-state index contributed by atoms with van der Waals surface area (Å²) in [5, 5.41) is 9.69. The van der Waals surface area contributed by atoms with Crippen molar-refractivity contribution >= 4 is 17.3 Å². The summed E-state index contributed by atoms with van der Waals surface area (Å²) < 4.78 is 1.94. The Kier molecular flexibility index (Phi) is 3.54. The maximum atomic E-state index is 9.12. The molecular formula is C13H13ClN4. The molecule has 0 fully saturated rings. The summed E-state index contributed by atoms with van der Waals surface area (Å²) in [5.74, 6) is 0.918. The third-order valence-corrected chi connectivity index (χ3v) is 3.09. The lowest BCUT2D eigenvalue weighted by molar-refractivity contribution is 0.761. The molecule has 4 nitrogen and oxygen atoms in total. The number of halogens is 1. The zero-order chi connectivity index (χ0) is 13.1. The number of aryl methyl sites for hydroxylation is 1. The quantitative estimate of drug-likeness (QED) is 0.852. The predicted molar refractivity (Wildman–Crippen MR) is 71.5 cm³/mol. The molecule has 0 N–H and O–H groups in total. The Morgan fingerprint density at radius 2 is 2.28 bits per heavy atom. The van der Waals surface area contributed by atoms with E-state index >= 15 is 0 Å². The SMILES string of the molecule is CN(Cc1nccn1C)c1c(Cl)cccc1C#N. The molecule has 1 aromatic heterocycles. The van der Waals surface area contributed by atoms with Crippen LogP contribution in [0.3, 0.4) is 0 Å². The Hall–Kier alpha value is -1.99. The lowest BCUT2D eigenvalue weighted by Gasteiger charge is -2.21. The second-order valence-corrected chi connectivity index (χ2v) is 4.47. The number of imidazole rings is 1. The van der Waals surface area contributed by atoms with Gasteiger partial charge in [0.15, 0.2) is 0 Å². The minimum absolute atomic E-state index is 0.569. The zero-order valence-corrected chi connectivity index (χ0v) is 11.0. The fraction of sp³-hybridized carbons (Fsp3) is 0.231. The molecule has 0 atom stereocenters. The molecular weight excluding hydrogens is 248 g/mol. The van der Waals surface area contributed by atoms with Gasteiger partial charge < -0.3 is 9.47 Å². The summed E-state index contributed by atoms with van der Waals surface area (Å²) in [4.78, 5) is 6.20. The second kappa shape index (κ2) is 5.11. The van der Waals surface area contributed by atoms with Crippen molar-refractivity contribution in [2.75, 3.05) is 11.9 Å². The van der Waals surface area contributed by atoms with E-state index in [0.717, 1.165) is 11.5 Å². The zero-order valence-electron chi connectivity index (χ0n) is 10.3. The smallest absolute Gasteiger partial charge is 0.127 e. The molecule has 5 heteroatoms. The average Bonchev–Trinajstić information content (AvgIpc) is 2.74. The van der Waals surface area contributed by atoms with Gasteiger partial charge in [0, 0.05) is 26.5 Å². The number of benzene rings is 1. The molecule has 0 spiro atoms. The highest BCUT2D eigenvalue weighted by Crippen LogP contribution is 2.29. The van der Waals surface area contributed by atoms with Crippen molar-refractivity contribution in [2.45, 2.75) is 6.54 Å². The molecule has 92 valence electrons. The third-order valence-electron chi connectivity index (χ3n) is 2.79. The topological polar surface area (TPSA) is 44.9 Å². The predicted octanol–water partition coefficient (Wildman–Crippen LogP) is 2.58. The minimum atomic E-state index is 0.569. The van der Waals surface area contributed by atoms with E-state index in [1.165, 1.54) is 0 Å². The van der Waals surface area contributed by atoms with Gasteiger partial charge in [-0.05, 0) is 12.1 Å². The van der Waals surface area contributed by atoms with Crippen molar-refractivity contribution in [3.05, 3.63) is 47.0 Å². The number of rotatable bonds is 3. The van der Waals surface area contributed by atoms with Crippen molar-refractivity contribution in [3.63, 3.8) is 0 Å². The Morgan fingerprint density at radius 3 is 2.89 bits per heavy atom. The van der Waals surface area contributed by atoms with Gasteiger partial charge in [0.1, 0.15) is 11.9 Å². The van der Waals surface area contributed by atoms with Gasteiger partial charge in [-0.1, -0.05) is 17.7 Å². The molecule has 0 amide bonds. The van der Waals surface area contributed by atoms with Crippen LogP contribution in [0.15, 0.2) is 30.6 Å². The second-order valence-electron chi connectivity index (χ2n) is 4.06. The van der Waals surface area contributed by atoms with E-state index in [2.05, 4.69) is 11.1 Å². The molecule has 0 aliphatic rings. The molecule has 0 aliphatic carbocycles. The maximum absolute atomic E-state index is 9.12. The largest absolute Gasteiger partial charge is 0.365 e. The number of nitrogens with zero attached hydrogens (tertiary/aromatic N) is 4. The van der Waals surface area contributed by atoms with Crippen molar-refractivity contribution in [2.24, 2.45) is 7.05 Å². The molecule has 0 saturated carbocycles. The molecule has 2 aromatic rings. The molecule has 0 bridgehead atoms. The molecule has 0 aliphatic heterocycles. The lowest BCUT2D eigenvalue weighted by Crippen LogP contribution is -2.20. The van der Waals surface area contributed by atoms with Crippen molar-refractivity contribution in [3.8, 4) is 6.07 Å². The van der Waals surface area contributed by atoms with Crippen LogP contribution in [0.2, 0.25) is 5.02 Å². The summed E-state index contributed by atoms with van der Waals surface area (Å²) in [6.07, 6.45) is 3.64. The average molecular weight is 261 g/mol. The van der Waals surface area contributed by atoms with E-state index in [4.69, 9.17) is 16.9 Å². The minimum Gasteiger partial charge on any atom is -0.365 e. The van der Waals surface area contributed by atoms with Crippen LogP contribution in [0.5, 0.6) is 0 Å². The van der Waals surface area contributed by atoms with E-state index in [-0.39, 0.29) is 0 Å². The van der Waals surface area contributed by atoms with E-state index in [9.17, 15) is 0 Å². The van der Waals surface area contributed by atoms with Gasteiger partial charge in [0.25, 0.3) is 0 Å². The van der Waals surface area contributed by atoms with Gasteiger partial charge in [0.2, 0.25) is 0 Å². The molecule has 0 saturated heterocycles. The first-order valence-corrected chi connectivity index (χ1v) is 5.87. The highest BCUT2D eigenvalue weighted by molar-refractivity contribution is 6.33. The summed E-state index contributed by atoms with van der Waals surface area (Å²) in [6, 6.07) is 7.48. The van der Waals surface area contributed by atoms with Crippen molar-refractivity contribution in [1.29, 1.82) is 5.26 Å². The third kappa shape index (κ3) is 2.31. The Bertz CT molecular complexity index is 597. The van der Waals surface area contributed by atoms with Gasteiger partial charge >= 0.3 is 0 Å². The lowest BCUT2D eigenvalue weighted by atomic mass is 10.2. The fourth-order valence-corrected chi connectivity index (χ4v) is 2.15. The molecule has 18 heavy (non-hydrogen) atoms. The summed E-state index contributed by atoms with van der Waals surface area (Å²) in [5.41, 5.74) is 1.31. The molecule has 2 rings (SSSR count). The van der Waals surface area contributed by atoms with E-state index in [0.29, 0.717) is 17.1 Å². The summed E-state index contributed by atoms with van der Waals surface area (Å²) in [6.45, 7) is 0.599. The highest BCUT2D eigenvalue weighted by Gasteiger charge is 2.13. The number of para-hydroxylation sites is 1. The van der Waals surface area contributed by atoms with Gasteiger partial charge in [-0.15, -0.1) is 0 Å². The van der Waals surface area contributed by atoms with Gasteiger partial charge in [-0.3, -0.25) is 0 Å². The molecule has 0 unspecified atom stereocenters. The van der Waals surface area contributed by atoms with Crippen LogP contribution >= 0.6 is 11.6 Å². The normalized spacial score (nSPS) is 10.1. The van der Waals surface area contributed by atoms with Gasteiger partial charge in [-0.25, -0.2) is 4.98 Å². The summed E-state index contributed by atoms with van der Waals surface area (Å²) >= 11 is 6.16. The Balaban J connectivity index is 2.32. The van der Waals surface area contributed by atoms with E-state index < -0.39 is 0 Å². The van der Waals surface area contributed by atoms with E-state index in [1.54, 1.807) is 24.4 Å². The first-order valence-electron chi connectivity index (χ1n) is 5.49. The number of anilines is 1. The Morgan fingerprint density at radius 1 is 1.50 bits per heavy atom. The van der Waals surface area contributed by atoms with Gasteiger partial charge in [0.05, 0.1) is 22.8 Å². The van der Waals surface area contributed by atoms with Crippen LogP contribution in [-0.2, 0) is 13.6 Å². The van der Waals surface area contributed by atoms with Crippen LogP contribution in [-0.4, -0.2) is 16.6 Å². The van der Waals surface area contributed by atoms with Crippen LogP contribution in [0.1, 0.15) is 11.4 Å². The van der Waals surface area contributed by atoms with Crippen LogP contribution in [0.4, 0.5) is 5.69 Å². The first-order chi connectivity index (χ1) is 8.63. The number of hydrogen-bond acceptors (Lipinski definition) is 3. The Labute approximate surface area is 111 Å². The van der Waals surface area contributed by atoms with Crippen LogP contribution in [0, 0.1) is 11.3 Å². The molecule has 0 radical (unpaired) electrons. The molecule has 1 aromatic carbocycles. The van der Waals surface area contributed by atoms with Crippen LogP contribution in [0.25, 0.3) is 0 Å². The van der Waals surface area contributed by atoms with Crippen molar-refractivity contribution < 1.29 is 0 Å². The fourth-order valence-electron chi connectivity index (χ4n) is 1.83. The standard InChI is InChI=1S/C13H13ClN4/c1-17-7-6-16-12(17)9-18(2)13-10(8-15)4-3-5-11(13)14/h3-7H,9H2,1-2H3. The molecule has 1 heterocycles. The van der Waals surface area contributed by atoms with E-state index in [1.807, 2.05) is 29.8 Å². The maximum Gasteiger partial charge on any atom is 0.127 e. The highest BCUT2D eigenvalue weighted by atomic mass is 35.5. The number of nitriles is 1.